The number of hydrogen-bond donors (Lipinski definition) is 0. The van der Waals surface area contributed by atoms with Gasteiger partial charge in [-0.25, -0.2) is 9.36 Å². The molecule has 1 saturated heterocycles. The van der Waals surface area contributed by atoms with Crippen molar-refractivity contribution in [3.05, 3.63) is 18.7 Å². The van der Waals surface area contributed by atoms with Gasteiger partial charge in [0, 0.05) is 6.54 Å². The molecule has 0 aliphatic carbocycles. The highest BCUT2D eigenvalue weighted by Crippen LogP contribution is 2.07. The molecule has 1 fully saturated rings. The van der Waals surface area contributed by atoms with Crippen LogP contribution in [0.5, 0.6) is 0 Å². The predicted molar refractivity (Wildman–Crippen MR) is 53.4 cm³/mol. The van der Waals surface area contributed by atoms with Crippen molar-refractivity contribution in [2.45, 2.75) is 13.0 Å². The normalized spacial score (nSPS) is 21.7. The molecule has 0 bridgehead atoms. The van der Waals surface area contributed by atoms with Crippen LogP contribution in [0.1, 0.15) is 6.92 Å². The molecule has 0 saturated carbocycles. The van der Waals surface area contributed by atoms with E-state index in [9.17, 15) is 4.79 Å². The number of morpholine rings is 1. The van der Waals surface area contributed by atoms with Crippen molar-refractivity contribution in [2.24, 2.45) is 7.05 Å². The van der Waals surface area contributed by atoms with E-state index in [1.54, 1.807) is 17.1 Å². The molecule has 0 aromatic carbocycles. The largest absolute Gasteiger partial charge is 0.416 e. The molecule has 1 amide bonds. The summed E-state index contributed by atoms with van der Waals surface area (Å²) in [6.07, 6.45) is 5.39. The molecule has 2 rings (SSSR count). The second-order valence-electron chi connectivity index (χ2n) is 3.89. The molecular formula is C10H16N3O2+. The Morgan fingerprint density at radius 2 is 2.40 bits per heavy atom. The SMILES string of the molecule is C[C@@H]1COCCN1C(=O)n1cc[n+](C)c1. The average molecular weight is 210 g/mol. The highest BCUT2D eigenvalue weighted by atomic mass is 16.5. The van der Waals surface area contributed by atoms with E-state index in [1.807, 2.05) is 29.6 Å². The van der Waals surface area contributed by atoms with Crippen LogP contribution in [0.2, 0.25) is 0 Å². The number of hydrogen-bond acceptors (Lipinski definition) is 2. The van der Waals surface area contributed by atoms with Gasteiger partial charge in [0.25, 0.3) is 6.33 Å². The molecule has 1 atom stereocenters. The van der Waals surface area contributed by atoms with Crippen molar-refractivity contribution in [3.63, 3.8) is 0 Å². The Kier molecular flexibility index (Phi) is 2.73. The van der Waals surface area contributed by atoms with Gasteiger partial charge in [-0.1, -0.05) is 0 Å². The number of amides is 1. The van der Waals surface area contributed by atoms with Gasteiger partial charge in [-0.3, -0.25) is 4.90 Å². The Morgan fingerprint density at radius 3 is 3.00 bits per heavy atom. The molecule has 1 aliphatic rings. The van der Waals surface area contributed by atoms with E-state index < -0.39 is 0 Å². The Bertz CT molecular complexity index is 361. The third-order valence-corrected chi connectivity index (χ3v) is 2.60. The van der Waals surface area contributed by atoms with Gasteiger partial charge in [0.15, 0.2) is 0 Å². The predicted octanol–water partition coefficient (Wildman–Crippen LogP) is 0.00140. The maximum atomic E-state index is 12.0. The minimum absolute atomic E-state index is 0.0198. The van der Waals surface area contributed by atoms with Crippen LogP contribution >= 0.6 is 0 Å². The van der Waals surface area contributed by atoms with Crippen LogP contribution in [0.3, 0.4) is 0 Å². The van der Waals surface area contributed by atoms with Crippen LogP contribution in [0.4, 0.5) is 4.79 Å². The zero-order chi connectivity index (χ0) is 10.8. The lowest BCUT2D eigenvalue weighted by atomic mass is 10.3. The Hall–Kier alpha value is -1.36. The first kappa shape index (κ1) is 10.2. The summed E-state index contributed by atoms with van der Waals surface area (Å²) < 4.78 is 8.74. The second kappa shape index (κ2) is 4.02. The first-order valence-corrected chi connectivity index (χ1v) is 5.10. The average Bonchev–Trinajstić information content (AvgIpc) is 2.65. The van der Waals surface area contributed by atoms with Crippen molar-refractivity contribution in [1.29, 1.82) is 0 Å². The van der Waals surface area contributed by atoms with Gasteiger partial charge in [-0.15, -0.1) is 0 Å². The Labute approximate surface area is 88.9 Å². The fourth-order valence-corrected chi connectivity index (χ4v) is 1.72. The van der Waals surface area contributed by atoms with E-state index in [2.05, 4.69) is 0 Å². The highest BCUT2D eigenvalue weighted by molar-refractivity contribution is 5.76. The van der Waals surface area contributed by atoms with Gasteiger partial charge in [0.1, 0.15) is 12.4 Å². The molecular weight excluding hydrogens is 194 g/mol. The Morgan fingerprint density at radius 1 is 1.60 bits per heavy atom. The number of ether oxygens (including phenoxy) is 1. The third kappa shape index (κ3) is 2.02. The number of aryl methyl sites for hydroxylation is 1. The van der Waals surface area contributed by atoms with Crippen LogP contribution in [-0.2, 0) is 11.8 Å². The zero-order valence-corrected chi connectivity index (χ0v) is 9.09. The second-order valence-corrected chi connectivity index (χ2v) is 3.89. The van der Waals surface area contributed by atoms with Crippen LogP contribution in [0, 0.1) is 0 Å². The summed E-state index contributed by atoms with van der Waals surface area (Å²) in [5.41, 5.74) is 0. The van der Waals surface area contributed by atoms with E-state index >= 15 is 0 Å². The van der Waals surface area contributed by atoms with Crippen molar-refractivity contribution in [2.75, 3.05) is 19.8 Å². The lowest BCUT2D eigenvalue weighted by Gasteiger charge is -2.31. The van der Waals surface area contributed by atoms with Crippen molar-refractivity contribution in [1.82, 2.24) is 9.47 Å². The molecule has 0 spiro atoms. The number of carbonyl (C=O) groups excluding carboxylic acids is 1. The number of aromatic nitrogens is 2. The van der Waals surface area contributed by atoms with Gasteiger partial charge in [-0.2, -0.15) is 4.57 Å². The first-order valence-electron chi connectivity index (χ1n) is 5.10. The molecule has 1 aromatic heterocycles. The van der Waals surface area contributed by atoms with Crippen molar-refractivity contribution in [3.8, 4) is 0 Å². The topological polar surface area (TPSA) is 38.4 Å². The van der Waals surface area contributed by atoms with E-state index in [0.29, 0.717) is 19.8 Å². The molecule has 2 heterocycles. The number of imidazole rings is 1. The number of rotatable bonds is 0. The molecule has 82 valence electrons. The van der Waals surface area contributed by atoms with E-state index in [-0.39, 0.29) is 12.1 Å². The number of nitrogens with zero attached hydrogens (tertiary/aromatic N) is 3. The fourth-order valence-electron chi connectivity index (χ4n) is 1.72. The lowest BCUT2D eigenvalue weighted by molar-refractivity contribution is -0.670. The van der Waals surface area contributed by atoms with Crippen LogP contribution in [-0.4, -0.2) is 41.3 Å². The van der Waals surface area contributed by atoms with Crippen molar-refractivity contribution >= 4 is 6.03 Å². The quantitative estimate of drug-likeness (QED) is 0.565. The summed E-state index contributed by atoms with van der Waals surface area (Å²) in [5.74, 6) is 0. The van der Waals surface area contributed by atoms with Gasteiger partial charge < -0.3 is 4.74 Å². The summed E-state index contributed by atoms with van der Waals surface area (Å²) >= 11 is 0. The van der Waals surface area contributed by atoms with E-state index in [0.717, 1.165) is 0 Å². The van der Waals surface area contributed by atoms with Gasteiger partial charge in [0.2, 0.25) is 0 Å². The first-order chi connectivity index (χ1) is 7.18. The standard InChI is InChI=1S/C10H16N3O2/c1-9-7-15-6-5-13(9)10(14)12-4-3-11(2)8-12/h3-4,8-9H,5-7H2,1-2H3/q+1/t9-/m1/s1. The van der Waals surface area contributed by atoms with Gasteiger partial charge in [-0.05, 0) is 6.92 Å². The highest BCUT2D eigenvalue weighted by Gasteiger charge is 2.27. The van der Waals surface area contributed by atoms with Crippen molar-refractivity contribution < 1.29 is 14.1 Å². The monoisotopic (exact) mass is 210 g/mol. The molecule has 0 radical (unpaired) electrons. The molecule has 5 heteroatoms. The summed E-state index contributed by atoms with van der Waals surface area (Å²) in [4.78, 5) is 13.9. The number of carbonyl (C=O) groups is 1. The molecule has 5 nitrogen and oxygen atoms in total. The zero-order valence-electron chi connectivity index (χ0n) is 9.09. The molecule has 1 aromatic rings. The molecule has 0 unspecified atom stereocenters. The van der Waals surface area contributed by atoms with Crippen LogP contribution in [0.15, 0.2) is 18.7 Å². The summed E-state index contributed by atoms with van der Waals surface area (Å²) in [6, 6.07) is 0.172. The lowest BCUT2D eigenvalue weighted by Crippen LogP contribution is -2.48. The smallest absolute Gasteiger partial charge is 0.377 e. The van der Waals surface area contributed by atoms with E-state index in [4.69, 9.17) is 4.74 Å². The Balaban J connectivity index is 2.13. The third-order valence-electron chi connectivity index (χ3n) is 2.60. The minimum atomic E-state index is 0.0198. The van der Waals surface area contributed by atoms with Crippen LogP contribution in [0.25, 0.3) is 0 Å². The summed E-state index contributed by atoms with van der Waals surface area (Å²) in [6.45, 7) is 3.92. The minimum Gasteiger partial charge on any atom is -0.377 e. The maximum absolute atomic E-state index is 12.0. The van der Waals surface area contributed by atoms with Gasteiger partial charge >= 0.3 is 6.03 Å². The van der Waals surface area contributed by atoms with Gasteiger partial charge in [0.05, 0.1) is 26.3 Å². The summed E-state index contributed by atoms with van der Waals surface area (Å²) in [7, 11) is 1.90. The molecule has 0 N–H and O–H groups in total. The molecule has 1 aliphatic heterocycles. The summed E-state index contributed by atoms with van der Waals surface area (Å²) in [5, 5.41) is 0. The van der Waals surface area contributed by atoms with E-state index in [1.165, 1.54) is 0 Å². The molecule has 15 heavy (non-hydrogen) atoms. The maximum Gasteiger partial charge on any atom is 0.416 e. The fraction of sp³-hybridized carbons (Fsp3) is 0.600. The van der Waals surface area contributed by atoms with Crippen LogP contribution < -0.4 is 4.57 Å².